The zero-order valence-electron chi connectivity index (χ0n) is 18.8. The molecule has 162 valence electrons. The number of rotatable bonds is 7. The number of allylic oxidation sites excluding steroid dienone is 7. The molecule has 1 aliphatic rings. The number of hydrogen-bond acceptors (Lipinski definition) is 2. The molecular weight excluding hydrogens is 392 g/mol. The second-order valence-electron chi connectivity index (χ2n) is 8.96. The Bertz CT molecular complexity index is 996. The maximum atomic E-state index is 10.9. The summed E-state index contributed by atoms with van der Waals surface area (Å²) in [6.07, 6.45) is 12.3. The van der Waals surface area contributed by atoms with Crippen LogP contribution in [0.3, 0.4) is 0 Å². The van der Waals surface area contributed by atoms with Crippen LogP contribution in [-0.2, 0) is 10.3 Å². The van der Waals surface area contributed by atoms with E-state index in [1.54, 1.807) is 0 Å². The normalized spacial score (nSPS) is 18.6. The van der Waals surface area contributed by atoms with Crippen LogP contribution in [0.1, 0.15) is 71.8 Å². The average Bonchev–Trinajstić information content (AvgIpc) is 2.67. The largest absolute Gasteiger partial charge is 0.348 e. The van der Waals surface area contributed by atoms with Gasteiger partial charge in [0.15, 0.2) is 5.05 Å². The van der Waals surface area contributed by atoms with Gasteiger partial charge >= 0.3 is 0 Å². The van der Waals surface area contributed by atoms with Gasteiger partial charge in [0, 0.05) is 5.92 Å². The van der Waals surface area contributed by atoms with Gasteiger partial charge in [0.2, 0.25) is 10.3 Å². The third-order valence-corrected chi connectivity index (χ3v) is 6.29. The van der Waals surface area contributed by atoms with Crippen LogP contribution in [0.4, 0.5) is 0 Å². The summed E-state index contributed by atoms with van der Waals surface area (Å²) in [5.74, 6) is 0.0921. The van der Waals surface area contributed by atoms with Gasteiger partial charge in [-0.15, -0.1) is 0 Å². The highest BCUT2D eigenvalue weighted by atomic mass is 32.2. The van der Waals surface area contributed by atoms with Gasteiger partial charge in [-0.1, -0.05) is 79.1 Å². The van der Waals surface area contributed by atoms with Crippen LogP contribution >= 0.6 is 0 Å². The van der Waals surface area contributed by atoms with Crippen LogP contribution in [0.5, 0.6) is 0 Å². The van der Waals surface area contributed by atoms with Crippen molar-refractivity contribution in [1.29, 1.82) is 0 Å². The Labute approximate surface area is 183 Å². The lowest BCUT2D eigenvalue weighted by Crippen LogP contribution is -2.19. The lowest BCUT2D eigenvalue weighted by Gasteiger charge is -2.33. The standard InChI is InChI=1S/C26H34O3S/c1-19(13-14-24-21(3)10-9-15-26(24,4)5)16-23(22-11-7-6-8-12-22)17-20(2)18-25(27)30(28)29/h6-8,11-14,16,18,23,27H,9-10,15,17H2,1-5H3. The zero-order valence-corrected chi connectivity index (χ0v) is 19.6. The van der Waals surface area contributed by atoms with E-state index in [4.69, 9.17) is 0 Å². The highest BCUT2D eigenvalue weighted by Crippen LogP contribution is 2.40. The predicted octanol–water partition coefficient (Wildman–Crippen LogP) is 6.70. The molecule has 3 nitrogen and oxygen atoms in total. The van der Waals surface area contributed by atoms with Crippen molar-refractivity contribution in [3.63, 3.8) is 0 Å². The summed E-state index contributed by atoms with van der Waals surface area (Å²) < 4.78 is 21.9. The van der Waals surface area contributed by atoms with Gasteiger partial charge in [0.05, 0.1) is 0 Å². The third-order valence-electron chi connectivity index (χ3n) is 5.83. The summed E-state index contributed by atoms with van der Waals surface area (Å²) >= 11 is 0. The Kier molecular flexibility index (Phi) is 8.63. The first-order chi connectivity index (χ1) is 14.1. The topological polar surface area (TPSA) is 54.4 Å². The molecular formula is C26H34O3S. The van der Waals surface area contributed by atoms with Crippen molar-refractivity contribution in [2.45, 2.75) is 66.2 Å². The molecule has 0 saturated heterocycles. The number of aliphatic hydroxyl groups excluding tert-OH is 1. The fraction of sp³-hybridized carbons (Fsp3) is 0.423. The summed E-state index contributed by atoms with van der Waals surface area (Å²) in [5.41, 5.74) is 6.26. The SMILES string of the molecule is CC(C=CC1=C(C)CCCC1(C)C)=CC(CC(C)=CC(O)=S(=O)=O)c1ccccc1. The highest BCUT2D eigenvalue weighted by molar-refractivity contribution is 7.72. The Morgan fingerprint density at radius 2 is 1.87 bits per heavy atom. The molecule has 1 aromatic carbocycles. The van der Waals surface area contributed by atoms with E-state index in [1.807, 2.05) is 25.1 Å². The van der Waals surface area contributed by atoms with Crippen molar-refractivity contribution in [1.82, 2.24) is 0 Å². The van der Waals surface area contributed by atoms with Crippen LogP contribution < -0.4 is 0 Å². The molecule has 1 aromatic rings. The van der Waals surface area contributed by atoms with Gasteiger partial charge in [-0.25, -0.2) is 0 Å². The molecule has 0 saturated carbocycles. The monoisotopic (exact) mass is 426 g/mol. The first-order valence-electron chi connectivity index (χ1n) is 10.5. The first kappa shape index (κ1) is 24.1. The second-order valence-corrected chi connectivity index (χ2v) is 9.85. The second kappa shape index (κ2) is 10.7. The molecule has 0 aliphatic heterocycles. The number of aliphatic hydroxyl groups is 1. The van der Waals surface area contributed by atoms with E-state index >= 15 is 0 Å². The van der Waals surface area contributed by atoms with E-state index < -0.39 is 15.3 Å². The Hall–Kier alpha value is -2.17. The van der Waals surface area contributed by atoms with Crippen molar-refractivity contribution in [3.8, 4) is 0 Å². The highest BCUT2D eigenvalue weighted by Gasteiger charge is 2.26. The summed E-state index contributed by atoms with van der Waals surface area (Å²) in [7, 11) is -2.60. The quantitative estimate of drug-likeness (QED) is 0.300. The minimum atomic E-state index is -2.60. The Morgan fingerprint density at radius 3 is 2.47 bits per heavy atom. The maximum absolute atomic E-state index is 10.9. The lowest BCUT2D eigenvalue weighted by atomic mass is 9.72. The van der Waals surface area contributed by atoms with Crippen molar-refractivity contribution in [2.75, 3.05) is 0 Å². The fourth-order valence-corrected chi connectivity index (χ4v) is 4.53. The molecule has 1 unspecified atom stereocenters. The van der Waals surface area contributed by atoms with E-state index in [2.05, 4.69) is 58.1 Å². The van der Waals surface area contributed by atoms with Gasteiger partial charge in [0.1, 0.15) is 0 Å². The first-order valence-corrected chi connectivity index (χ1v) is 11.6. The maximum Gasteiger partial charge on any atom is 0.244 e. The van der Waals surface area contributed by atoms with Crippen molar-refractivity contribution >= 4 is 15.3 Å². The molecule has 0 aromatic heterocycles. The molecule has 4 heteroatoms. The van der Waals surface area contributed by atoms with Crippen molar-refractivity contribution < 1.29 is 13.5 Å². The molecule has 1 aliphatic carbocycles. The summed E-state index contributed by atoms with van der Waals surface area (Å²) in [6.45, 7) is 10.8. The van der Waals surface area contributed by atoms with E-state index in [1.165, 1.54) is 42.1 Å². The minimum absolute atomic E-state index is 0.0921. The molecule has 0 spiro atoms. The van der Waals surface area contributed by atoms with Crippen LogP contribution in [0.25, 0.3) is 0 Å². The molecule has 1 atom stereocenters. The van der Waals surface area contributed by atoms with Gasteiger partial charge in [-0.3, -0.25) is 0 Å². The van der Waals surface area contributed by atoms with E-state index in [9.17, 15) is 13.5 Å². The van der Waals surface area contributed by atoms with E-state index in [0.29, 0.717) is 6.42 Å². The molecule has 0 bridgehead atoms. The zero-order chi connectivity index (χ0) is 22.3. The van der Waals surface area contributed by atoms with Crippen LogP contribution in [-0.4, -0.2) is 18.6 Å². The number of hydrogen-bond donors (Lipinski definition) is 1. The average molecular weight is 427 g/mol. The summed E-state index contributed by atoms with van der Waals surface area (Å²) in [6, 6.07) is 10.2. The number of benzene rings is 1. The molecule has 0 amide bonds. The van der Waals surface area contributed by atoms with Gasteiger partial charge in [-0.2, -0.15) is 8.42 Å². The van der Waals surface area contributed by atoms with Crippen LogP contribution in [0.15, 0.2) is 76.9 Å². The lowest BCUT2D eigenvalue weighted by molar-refractivity contribution is 0.377. The van der Waals surface area contributed by atoms with Gasteiger partial charge in [0.25, 0.3) is 0 Å². The third kappa shape index (κ3) is 6.96. The smallest absolute Gasteiger partial charge is 0.244 e. The molecule has 0 fully saturated rings. The molecule has 0 heterocycles. The Balaban J connectivity index is 2.33. The van der Waals surface area contributed by atoms with E-state index in [0.717, 1.165) is 11.1 Å². The van der Waals surface area contributed by atoms with Gasteiger partial charge in [-0.05, 0) is 69.1 Å². The minimum Gasteiger partial charge on any atom is -0.348 e. The van der Waals surface area contributed by atoms with Crippen LogP contribution in [0.2, 0.25) is 0 Å². The molecule has 2 rings (SSSR count). The fourth-order valence-electron chi connectivity index (χ4n) is 4.24. The van der Waals surface area contributed by atoms with Crippen molar-refractivity contribution in [3.05, 3.63) is 82.5 Å². The molecule has 30 heavy (non-hydrogen) atoms. The molecule has 1 N–H and O–H groups in total. The van der Waals surface area contributed by atoms with E-state index in [-0.39, 0.29) is 11.3 Å². The molecule has 0 radical (unpaired) electrons. The van der Waals surface area contributed by atoms with Crippen molar-refractivity contribution in [2.24, 2.45) is 5.41 Å². The Morgan fingerprint density at radius 1 is 1.20 bits per heavy atom. The van der Waals surface area contributed by atoms with Gasteiger partial charge < -0.3 is 5.11 Å². The predicted molar refractivity (Wildman–Crippen MR) is 127 cm³/mol. The summed E-state index contributed by atoms with van der Waals surface area (Å²) in [4.78, 5) is 0. The van der Waals surface area contributed by atoms with Crippen LogP contribution in [0, 0.1) is 5.41 Å². The summed E-state index contributed by atoms with van der Waals surface area (Å²) in [5, 5.41) is 8.94.